The van der Waals surface area contributed by atoms with Gasteiger partial charge in [-0.15, -0.1) is 11.3 Å². The summed E-state index contributed by atoms with van der Waals surface area (Å²) in [7, 11) is 0. The first kappa shape index (κ1) is 22.8. The molecule has 1 aromatic carbocycles. The number of amides is 1. The molecular weight excluding hydrogens is 405 g/mol. The number of aryl methyl sites for hydroxylation is 2. The summed E-state index contributed by atoms with van der Waals surface area (Å²) in [6.45, 7) is 2.52. The Labute approximate surface area is 210 Å². The smallest absolute Gasteiger partial charge is 1.00 e. The van der Waals surface area contributed by atoms with Gasteiger partial charge in [0.05, 0.1) is 5.69 Å². The van der Waals surface area contributed by atoms with E-state index in [-0.39, 0.29) is 76.5 Å². The number of nitrogens with zero attached hydrogens (tertiary/aromatic N) is 2. The van der Waals surface area contributed by atoms with Gasteiger partial charge in [-0.1, -0.05) is 0 Å². The van der Waals surface area contributed by atoms with E-state index < -0.39 is 5.97 Å². The third-order valence-electron chi connectivity index (χ3n) is 4.02. The molecular formula is C19H20KN3O4S. The zero-order valence-electron chi connectivity index (χ0n) is 16.7. The van der Waals surface area contributed by atoms with Crippen LogP contribution in [0.3, 0.4) is 0 Å². The largest absolute Gasteiger partial charge is 1.00 e. The van der Waals surface area contributed by atoms with Crippen LogP contribution in [0, 0.1) is 0 Å². The Morgan fingerprint density at radius 3 is 2.61 bits per heavy atom. The van der Waals surface area contributed by atoms with Gasteiger partial charge in [0.25, 0.3) is 0 Å². The van der Waals surface area contributed by atoms with Gasteiger partial charge in [0, 0.05) is 42.0 Å². The number of carbonyl (C=O) groups excluding carboxylic acids is 1. The SMILES string of the molecule is CCn1cc(NC(=O)CCc2cnc(-c3ccc(O)cc3)s2)c(C(=O)O)c1.[H-].[K+]. The number of thiazole rings is 1. The van der Waals surface area contributed by atoms with Crippen molar-refractivity contribution in [2.75, 3.05) is 5.32 Å². The van der Waals surface area contributed by atoms with E-state index in [4.69, 9.17) is 0 Å². The number of benzene rings is 1. The molecule has 0 saturated heterocycles. The third kappa shape index (κ3) is 5.76. The minimum atomic E-state index is -1.07. The van der Waals surface area contributed by atoms with Crippen LogP contribution in [0.1, 0.15) is 30.0 Å². The summed E-state index contributed by atoms with van der Waals surface area (Å²) in [6.07, 6.45) is 5.60. The van der Waals surface area contributed by atoms with Crippen LogP contribution in [0.5, 0.6) is 5.75 Å². The summed E-state index contributed by atoms with van der Waals surface area (Å²) < 4.78 is 1.71. The molecule has 9 heteroatoms. The fraction of sp³-hybridized carbons (Fsp3) is 0.211. The maximum absolute atomic E-state index is 12.2. The maximum atomic E-state index is 12.2. The topological polar surface area (TPSA) is 104 Å². The van der Waals surface area contributed by atoms with Crippen molar-refractivity contribution in [2.45, 2.75) is 26.3 Å². The van der Waals surface area contributed by atoms with Gasteiger partial charge < -0.3 is 21.5 Å². The van der Waals surface area contributed by atoms with Crippen LogP contribution in [0.25, 0.3) is 10.6 Å². The van der Waals surface area contributed by atoms with Crippen LogP contribution in [0.4, 0.5) is 5.69 Å². The fourth-order valence-electron chi connectivity index (χ4n) is 2.57. The van der Waals surface area contributed by atoms with Crippen molar-refractivity contribution < 1.29 is 72.6 Å². The van der Waals surface area contributed by atoms with Gasteiger partial charge in [-0.25, -0.2) is 9.78 Å². The summed E-state index contributed by atoms with van der Waals surface area (Å²) >= 11 is 1.48. The molecule has 1 amide bonds. The van der Waals surface area contributed by atoms with Crippen molar-refractivity contribution in [1.82, 2.24) is 9.55 Å². The molecule has 0 unspecified atom stereocenters. The molecule has 2 heterocycles. The predicted octanol–water partition coefficient (Wildman–Crippen LogP) is 0.723. The number of anilines is 1. The number of hydrogen-bond acceptors (Lipinski definition) is 5. The van der Waals surface area contributed by atoms with Gasteiger partial charge in [0.1, 0.15) is 16.3 Å². The van der Waals surface area contributed by atoms with Crippen molar-refractivity contribution in [3.8, 4) is 16.3 Å². The first-order valence-corrected chi connectivity index (χ1v) is 9.25. The monoisotopic (exact) mass is 425 g/mol. The van der Waals surface area contributed by atoms with E-state index >= 15 is 0 Å². The predicted molar refractivity (Wildman–Crippen MR) is 104 cm³/mol. The van der Waals surface area contributed by atoms with Gasteiger partial charge in [0.15, 0.2) is 0 Å². The Morgan fingerprint density at radius 1 is 1.25 bits per heavy atom. The zero-order chi connectivity index (χ0) is 19.4. The second-order valence-corrected chi connectivity index (χ2v) is 7.06. The summed E-state index contributed by atoms with van der Waals surface area (Å²) in [5.74, 6) is -1.12. The maximum Gasteiger partial charge on any atom is 1.00 e. The van der Waals surface area contributed by atoms with Crippen molar-refractivity contribution in [2.24, 2.45) is 0 Å². The van der Waals surface area contributed by atoms with Gasteiger partial charge in [0.2, 0.25) is 5.91 Å². The molecule has 0 radical (unpaired) electrons. The van der Waals surface area contributed by atoms with Crippen LogP contribution in [-0.4, -0.2) is 31.6 Å². The first-order chi connectivity index (χ1) is 13.0. The minimum Gasteiger partial charge on any atom is -1.00 e. The van der Waals surface area contributed by atoms with Crippen LogP contribution in [-0.2, 0) is 17.8 Å². The molecule has 0 aliphatic rings. The number of aromatic hydroxyl groups is 1. The van der Waals surface area contributed by atoms with E-state index in [0.717, 1.165) is 15.4 Å². The number of carbonyl (C=O) groups is 2. The molecule has 3 rings (SSSR count). The number of nitrogens with one attached hydrogen (secondary N) is 1. The standard InChI is InChI=1S/C19H19N3O4S.K.H/c1-2-22-10-15(19(25)26)16(11-22)21-17(24)8-7-14-9-20-18(27-14)12-3-5-13(23)6-4-12;;/h3-6,9-11,23H,2,7-8H2,1H3,(H,21,24)(H,25,26);;/q;+1;-1. The fourth-order valence-corrected chi connectivity index (χ4v) is 3.49. The third-order valence-corrected chi connectivity index (χ3v) is 5.12. The van der Waals surface area contributed by atoms with Crippen LogP contribution in [0.2, 0.25) is 0 Å². The second kappa shape index (κ2) is 10.3. The molecule has 2 aromatic heterocycles. The number of rotatable bonds is 7. The molecule has 0 bridgehead atoms. The Bertz CT molecular complexity index is 972. The number of carboxylic acid groups (broad SMARTS) is 1. The Morgan fingerprint density at radius 2 is 1.96 bits per heavy atom. The first-order valence-electron chi connectivity index (χ1n) is 8.43. The molecule has 0 saturated carbocycles. The van der Waals surface area contributed by atoms with E-state index in [1.165, 1.54) is 17.5 Å². The number of phenolic OH excluding ortho intramolecular Hbond substituents is 1. The molecule has 7 nitrogen and oxygen atoms in total. The van der Waals surface area contributed by atoms with Gasteiger partial charge in [-0.05, 0) is 37.6 Å². The number of aromatic carboxylic acids is 1. The molecule has 0 spiro atoms. The Kier molecular flexibility index (Phi) is 8.41. The summed E-state index contributed by atoms with van der Waals surface area (Å²) in [4.78, 5) is 28.8. The van der Waals surface area contributed by atoms with E-state index in [1.54, 1.807) is 41.2 Å². The molecule has 0 fully saturated rings. The van der Waals surface area contributed by atoms with E-state index in [0.29, 0.717) is 18.7 Å². The summed E-state index contributed by atoms with van der Waals surface area (Å²) in [5.41, 5.74) is 1.29. The molecule has 3 aromatic rings. The molecule has 142 valence electrons. The van der Waals surface area contributed by atoms with E-state index in [2.05, 4.69) is 10.3 Å². The average Bonchev–Trinajstić information content (AvgIpc) is 3.27. The molecule has 0 atom stereocenters. The summed E-state index contributed by atoms with van der Waals surface area (Å²) in [5, 5.41) is 22.1. The van der Waals surface area contributed by atoms with E-state index in [1.807, 2.05) is 6.92 Å². The number of hydrogen-bond donors (Lipinski definition) is 3. The van der Waals surface area contributed by atoms with Crippen molar-refractivity contribution in [1.29, 1.82) is 0 Å². The minimum absolute atomic E-state index is 0. The van der Waals surface area contributed by atoms with Gasteiger partial charge in [-0.2, -0.15) is 0 Å². The molecule has 0 aliphatic heterocycles. The van der Waals surface area contributed by atoms with E-state index in [9.17, 15) is 19.8 Å². The molecule has 28 heavy (non-hydrogen) atoms. The number of carboxylic acids is 1. The molecule has 3 N–H and O–H groups in total. The normalized spacial score (nSPS) is 10.3. The average molecular weight is 426 g/mol. The zero-order valence-corrected chi connectivity index (χ0v) is 19.6. The van der Waals surface area contributed by atoms with Gasteiger partial charge in [-0.3, -0.25) is 4.79 Å². The van der Waals surface area contributed by atoms with Crippen LogP contribution in [0.15, 0.2) is 42.9 Å². The Balaban J connectivity index is 0.00000210. The second-order valence-electron chi connectivity index (χ2n) is 5.95. The number of phenols is 1. The molecule has 0 aliphatic carbocycles. The van der Waals surface area contributed by atoms with Crippen LogP contribution >= 0.6 is 11.3 Å². The van der Waals surface area contributed by atoms with Crippen LogP contribution < -0.4 is 56.7 Å². The quantitative estimate of drug-likeness (QED) is 0.484. The van der Waals surface area contributed by atoms with Crippen molar-refractivity contribution >= 4 is 28.9 Å². The Hall–Kier alpha value is -1.49. The summed E-state index contributed by atoms with van der Waals surface area (Å²) in [6, 6.07) is 6.78. The van der Waals surface area contributed by atoms with Crippen molar-refractivity contribution in [3.05, 3.63) is 53.3 Å². The number of aromatic nitrogens is 2. The van der Waals surface area contributed by atoms with Crippen molar-refractivity contribution in [3.63, 3.8) is 0 Å². The van der Waals surface area contributed by atoms with Gasteiger partial charge >= 0.3 is 57.4 Å².